The number of carbonyl (C=O) groups excluding carboxylic acids is 4. The fraction of sp³-hybridized carbons (Fsp3) is 0.397. The molecule has 8 aromatic rings. The van der Waals surface area contributed by atoms with Crippen molar-refractivity contribution in [2.75, 3.05) is 83.2 Å². The van der Waals surface area contributed by atoms with Gasteiger partial charge in [-0.3, -0.25) is 37.4 Å². The van der Waals surface area contributed by atoms with Crippen LogP contribution in [0.2, 0.25) is 10.0 Å². The van der Waals surface area contributed by atoms with Crippen LogP contribution in [-0.2, 0) is 18.9 Å². The number of aryl methyl sites for hydroxylation is 2. The van der Waals surface area contributed by atoms with Gasteiger partial charge in [-0.25, -0.2) is 19.2 Å². The molecule has 4 saturated heterocycles. The molecule has 4 aliphatic heterocycles. The Morgan fingerprint density at radius 1 is 0.408 bits per heavy atom. The van der Waals surface area contributed by atoms with Gasteiger partial charge in [0.05, 0.1) is 67.5 Å². The smallest absolute Gasteiger partial charge is 0.351 e. The largest absolute Gasteiger partial charge is 0.497 e. The Hall–Kier alpha value is -11.2. The molecule has 4 unspecified atom stereocenters. The Morgan fingerprint density at radius 3 is 0.983 bits per heavy atom. The van der Waals surface area contributed by atoms with E-state index in [0.717, 1.165) is 60.2 Å². The van der Waals surface area contributed by atoms with Crippen molar-refractivity contribution in [3.8, 4) is 28.7 Å². The van der Waals surface area contributed by atoms with Gasteiger partial charge in [0.25, 0.3) is 23.6 Å². The summed E-state index contributed by atoms with van der Waals surface area (Å²) in [6.07, 6.45) is -20.2. The molecule has 4 aromatic heterocycles. The second kappa shape index (κ2) is 38.0. The van der Waals surface area contributed by atoms with Crippen LogP contribution in [0.25, 0.3) is 0 Å². The van der Waals surface area contributed by atoms with Gasteiger partial charge in [0.1, 0.15) is 64.9 Å². The number of alkyl halides is 8. The quantitative estimate of drug-likeness (QED) is 0.0450. The van der Waals surface area contributed by atoms with E-state index in [1.54, 1.807) is 45.9 Å². The number of carbonyl (C=O) groups is 4. The summed E-state index contributed by atoms with van der Waals surface area (Å²) in [7, 11) is 7.11. The molecule has 0 radical (unpaired) electrons. The summed E-state index contributed by atoms with van der Waals surface area (Å²) < 4.78 is 161. The maximum Gasteiger partial charge on any atom is 0.351 e. The number of aliphatic hydroxyl groups excluding tert-OH is 8. The predicted octanol–water partition coefficient (Wildman–Crippen LogP) is 4.11. The topological polar surface area (TPSA) is 501 Å². The summed E-state index contributed by atoms with van der Waals surface area (Å²) in [5.74, 6) is -16.8. The molecular weight excluding hydrogens is 1670 g/mol. The van der Waals surface area contributed by atoms with Crippen molar-refractivity contribution < 1.29 is 138 Å². The van der Waals surface area contributed by atoms with Crippen molar-refractivity contribution in [2.24, 2.45) is 0 Å². The van der Waals surface area contributed by atoms with Crippen LogP contribution < -0.4 is 67.7 Å². The summed E-state index contributed by atoms with van der Waals surface area (Å²) >= 11 is 12.0. The van der Waals surface area contributed by atoms with Crippen molar-refractivity contribution in [1.29, 1.82) is 0 Å². The summed E-state index contributed by atoms with van der Waals surface area (Å²) in [4.78, 5) is 113. The van der Waals surface area contributed by atoms with Gasteiger partial charge in [0.15, 0.2) is 35.9 Å². The van der Waals surface area contributed by atoms with E-state index in [9.17, 15) is 93.9 Å². The van der Waals surface area contributed by atoms with E-state index in [4.69, 9.17) is 86.3 Å². The van der Waals surface area contributed by atoms with Gasteiger partial charge >= 0.3 is 46.4 Å². The van der Waals surface area contributed by atoms with Gasteiger partial charge in [0.2, 0.25) is 24.9 Å². The highest BCUT2D eigenvalue weighted by atomic mass is 35.5. The molecule has 12 rings (SSSR count). The molecule has 12 atom stereocenters. The van der Waals surface area contributed by atoms with Crippen LogP contribution in [0.4, 0.5) is 58.4 Å². The molecule has 12 N–H and O–H groups in total. The van der Waals surface area contributed by atoms with E-state index in [1.807, 2.05) is 0 Å². The second-order valence-electron chi connectivity index (χ2n) is 26.4. The zero-order valence-corrected chi connectivity index (χ0v) is 65.5. The highest BCUT2D eigenvalue weighted by Gasteiger charge is 2.63. The van der Waals surface area contributed by atoms with Crippen LogP contribution in [-0.4, -0.2) is 237 Å². The molecule has 0 aliphatic carbocycles. The lowest BCUT2D eigenvalue weighted by atomic mass is 10.1. The second-order valence-corrected chi connectivity index (χ2v) is 27.3. The fourth-order valence-electron chi connectivity index (χ4n) is 12.2. The Bertz CT molecular complexity index is 5340. The van der Waals surface area contributed by atoms with Gasteiger partial charge in [0, 0.05) is 57.1 Å². The molecule has 0 spiro atoms. The first-order valence-electron chi connectivity index (χ1n) is 35.0. The monoisotopic (exact) mass is 1740 g/mol. The van der Waals surface area contributed by atoms with Crippen molar-refractivity contribution in [3.63, 3.8) is 0 Å². The van der Waals surface area contributed by atoms with Crippen LogP contribution in [0.5, 0.6) is 28.7 Å². The van der Waals surface area contributed by atoms with Crippen molar-refractivity contribution >= 4 is 70.1 Å². The zero-order valence-electron chi connectivity index (χ0n) is 63.9. The number of methoxy groups -OCH3 is 5. The van der Waals surface area contributed by atoms with Crippen molar-refractivity contribution in [3.05, 3.63) is 200 Å². The highest BCUT2D eigenvalue weighted by molar-refractivity contribution is 6.36. The first-order valence-corrected chi connectivity index (χ1v) is 35.7. The number of hydrogen-bond donors (Lipinski definition) is 12. The number of aliphatic hydroxyl groups is 8. The molecule has 47 heteroatoms. The molecule has 120 heavy (non-hydrogen) atoms. The number of hydrogen-bond acceptors (Lipinski definition) is 29. The molecule has 4 amide bonds. The maximum atomic E-state index is 14.3. The van der Waals surface area contributed by atoms with E-state index in [0.29, 0.717) is 52.4 Å². The number of nitrogens with zero attached hydrogens (tertiary/aromatic N) is 8. The number of nitrogens with one attached hydrogen (secondary N) is 4. The molecule has 4 aliphatic rings. The third-order valence-electron chi connectivity index (χ3n) is 18.6. The first kappa shape index (κ1) is 92.7. The first-order chi connectivity index (χ1) is 56.5. The molecule has 8 heterocycles. The Labute approximate surface area is 680 Å². The summed E-state index contributed by atoms with van der Waals surface area (Å²) in [6, 6.07) is 18.2. The van der Waals surface area contributed by atoms with Gasteiger partial charge < -0.3 is 105 Å². The van der Waals surface area contributed by atoms with Gasteiger partial charge in [-0.05, 0) is 117 Å². The van der Waals surface area contributed by atoms with Crippen molar-refractivity contribution in [1.82, 2.24) is 38.2 Å². The van der Waals surface area contributed by atoms with Crippen LogP contribution in [0.1, 0.15) is 88.6 Å². The minimum absolute atomic E-state index is 0.107. The number of rotatable bonds is 21. The lowest BCUT2D eigenvalue weighted by molar-refractivity contribution is -0.141. The van der Waals surface area contributed by atoms with E-state index in [1.165, 1.54) is 71.9 Å². The molecule has 648 valence electrons. The van der Waals surface area contributed by atoms with E-state index in [-0.39, 0.29) is 61.3 Å². The number of ether oxygens (including phenoxy) is 9. The molecule has 37 nitrogen and oxygen atoms in total. The Morgan fingerprint density at radius 2 is 0.708 bits per heavy atom. The van der Waals surface area contributed by atoms with Crippen molar-refractivity contribution in [2.45, 2.75) is 125 Å². The summed E-state index contributed by atoms with van der Waals surface area (Å²) in [6.45, 7) is 3.55. The fourth-order valence-corrected chi connectivity index (χ4v) is 12.6. The average molecular weight is 1740 g/mol. The lowest BCUT2D eigenvalue weighted by Crippen LogP contribution is -2.41. The normalized spacial score (nSPS) is 22.7. The maximum absolute atomic E-state index is 14.3. The third-order valence-corrected chi connectivity index (χ3v) is 19.4. The highest BCUT2D eigenvalue weighted by Crippen LogP contribution is 2.46. The van der Waals surface area contributed by atoms with Crippen LogP contribution in [0, 0.1) is 27.7 Å². The molecule has 4 aromatic carbocycles. The van der Waals surface area contributed by atoms with Gasteiger partial charge in [-0.1, -0.05) is 29.3 Å². The summed E-state index contributed by atoms with van der Waals surface area (Å²) in [5, 5.41) is 84.6. The van der Waals surface area contributed by atoms with Crippen LogP contribution in [0.3, 0.4) is 0 Å². The zero-order chi connectivity index (χ0) is 88.7. The molecule has 0 bridgehead atoms. The standard InChI is InChI=1S/2C19H21F2N3O7.C18H19F2N3O6.C17H15Cl2F2N3O5/c1-9-11(29-2)6-10(7-12(9)30-3)16(27)22-14-4-5-24(18(28)23-14)17-19(20,21)15(26)13(8-25)31-17;1-9-4-5-10(14(30-3)13(9)29-2)16(27)22-12-6-7-24(18(28)23-12)17-19(20,21)15(26)11(8-25)31-17;1-9-5-10(7-11(6-9)28-2)15(26)21-13-3-4-23(17(27)22-13)16-18(19,20)14(25)12(8-24)29-16;1-7-9(18)4-8(5-10(7)19)14(27)22-12-2-3-24(16(28)23-12)15-17(20,21)13(26)11(6-25)29-15/h4-7,13,15,17,25-26H,8H2,1-3H3,(H,22,23,27,28);4-7,11,15,17,25-26H,8H2,1-3H3,(H,22,23,27,28);3-7,12,14,16,24-25H,8H2,1-2H3,(H,21,22,26,27);2-5,11,13,15,25-26H,6H2,1H3,(H,22,23,27,28)/t13-,15-,17?;11-,15-,17?;12-,14-,16?;11-,13-,15?/m1111/s1. The number of anilines is 4. The summed E-state index contributed by atoms with van der Waals surface area (Å²) in [5.41, 5.74) is -1.17. The lowest BCUT2D eigenvalue weighted by Gasteiger charge is -2.21. The molecule has 0 saturated carbocycles. The van der Waals surface area contributed by atoms with Crippen LogP contribution >= 0.6 is 23.2 Å². The van der Waals surface area contributed by atoms with Crippen LogP contribution in [0.15, 0.2) is 123 Å². The average Bonchev–Trinajstić information content (AvgIpc) is 1.62. The minimum Gasteiger partial charge on any atom is -0.497 e. The van der Waals surface area contributed by atoms with Gasteiger partial charge in [-0.15, -0.1) is 0 Å². The van der Waals surface area contributed by atoms with E-state index < -0.39 is 170 Å². The molecular formula is C73H76Cl2F8N12O25. The van der Waals surface area contributed by atoms with E-state index in [2.05, 4.69) is 41.2 Å². The number of halogens is 10. The SMILES string of the molecule is COc1c(C)ccc(C(=O)Nc2ccn(C3O[C@H](CO)[C@@H](O)C3(F)F)c(=O)n2)c1OC.COc1cc(C(=O)Nc2ccn(C3O[C@H](CO)[C@@H](O)C3(F)F)c(=O)n2)cc(OC)c1C.COc1cc(C)cc(C(=O)Nc2ccn(C3O[C@H](CO)[C@@H](O)C3(F)F)c(=O)n2)c1.Cc1c(Cl)cc(C(=O)Nc2ccn(C3O[C@H](CO)[C@@H](O)C3(F)F)c(=O)n2)cc1Cl. The van der Waals surface area contributed by atoms with Gasteiger partial charge in [-0.2, -0.15) is 55.1 Å². The third kappa shape index (κ3) is 19.5. The predicted molar refractivity (Wildman–Crippen MR) is 401 cm³/mol. The Balaban J connectivity index is 0.000000182. The minimum atomic E-state index is -3.84. The Kier molecular flexibility index (Phi) is 29.4. The van der Waals surface area contributed by atoms with E-state index >= 15 is 0 Å². The molecule has 4 fully saturated rings. The number of aromatic nitrogens is 8. The number of benzene rings is 4. The number of amides is 4.